The Morgan fingerprint density at radius 2 is 2.15 bits per heavy atom. The number of carboxylic acid groups (broad SMARTS) is 1. The van der Waals surface area contributed by atoms with Gasteiger partial charge in [0.25, 0.3) is 6.47 Å². The first kappa shape index (κ1) is 20.1. The lowest BCUT2D eigenvalue weighted by atomic mass is 9.73. The lowest BCUT2D eigenvalue weighted by Crippen LogP contribution is -2.40. The van der Waals surface area contributed by atoms with Gasteiger partial charge in [-0.15, -0.1) is 0 Å². The molecular formula is C20H27ClN2O4. The van der Waals surface area contributed by atoms with E-state index in [9.17, 15) is 4.79 Å². The average Bonchev–Trinajstić information content (AvgIpc) is 3.27. The minimum absolute atomic E-state index is 0.0819. The van der Waals surface area contributed by atoms with Crippen molar-refractivity contribution in [1.29, 1.82) is 0 Å². The van der Waals surface area contributed by atoms with Crippen LogP contribution in [0, 0.1) is 11.8 Å². The average molecular weight is 395 g/mol. The third kappa shape index (κ3) is 3.98. The molecule has 4 rings (SSSR count). The van der Waals surface area contributed by atoms with E-state index in [4.69, 9.17) is 26.2 Å². The summed E-state index contributed by atoms with van der Waals surface area (Å²) in [6.45, 7) is 2.38. The van der Waals surface area contributed by atoms with Crippen LogP contribution < -0.4 is 0 Å². The highest BCUT2D eigenvalue weighted by Gasteiger charge is 2.63. The fourth-order valence-corrected chi connectivity index (χ4v) is 5.17. The number of carbonyl (C=O) groups excluding carboxylic acids is 1. The van der Waals surface area contributed by atoms with Crippen LogP contribution in [-0.4, -0.2) is 72.7 Å². The minimum Gasteiger partial charge on any atom is -0.483 e. The van der Waals surface area contributed by atoms with Gasteiger partial charge in [0.1, 0.15) is 0 Å². The van der Waals surface area contributed by atoms with Crippen molar-refractivity contribution >= 4 is 24.0 Å². The normalized spacial score (nSPS) is 30.8. The van der Waals surface area contributed by atoms with Crippen LogP contribution in [0.3, 0.4) is 0 Å². The second-order valence-electron chi connectivity index (χ2n) is 7.94. The molecule has 6 nitrogen and oxygen atoms in total. The molecule has 27 heavy (non-hydrogen) atoms. The maximum Gasteiger partial charge on any atom is 0.290 e. The first-order chi connectivity index (χ1) is 12.9. The molecule has 1 aromatic carbocycles. The van der Waals surface area contributed by atoms with E-state index in [-0.39, 0.29) is 18.0 Å². The topological polar surface area (TPSA) is 70.1 Å². The Kier molecular flexibility index (Phi) is 6.08. The number of hydrogen-bond donors (Lipinski definition) is 1. The maximum atomic E-state index is 12.8. The van der Waals surface area contributed by atoms with Crippen molar-refractivity contribution in [2.75, 3.05) is 33.7 Å². The molecular weight excluding hydrogens is 368 g/mol. The van der Waals surface area contributed by atoms with Crippen LogP contribution in [0.25, 0.3) is 0 Å². The molecule has 3 saturated heterocycles. The molecule has 1 amide bonds. The van der Waals surface area contributed by atoms with Crippen LogP contribution >= 0.6 is 11.6 Å². The predicted molar refractivity (Wildman–Crippen MR) is 103 cm³/mol. The van der Waals surface area contributed by atoms with Crippen molar-refractivity contribution in [2.45, 2.75) is 31.0 Å². The Labute approximate surface area is 165 Å². The molecule has 0 saturated carbocycles. The smallest absolute Gasteiger partial charge is 0.290 e. The molecule has 0 unspecified atom stereocenters. The number of hydrogen-bond acceptors (Lipinski definition) is 4. The zero-order valence-corrected chi connectivity index (χ0v) is 16.6. The summed E-state index contributed by atoms with van der Waals surface area (Å²) in [5, 5.41) is 7.56. The summed E-state index contributed by atoms with van der Waals surface area (Å²) in [7, 11) is 4.24. The molecule has 3 heterocycles. The zero-order chi connectivity index (χ0) is 19.6. The summed E-state index contributed by atoms with van der Waals surface area (Å²) in [6.07, 6.45) is 3.01. The first-order valence-electron chi connectivity index (χ1n) is 9.32. The van der Waals surface area contributed by atoms with Crippen molar-refractivity contribution in [1.82, 2.24) is 9.80 Å². The summed E-state index contributed by atoms with van der Waals surface area (Å²) in [6, 6.07) is 7.61. The Bertz CT molecular complexity index is 698. The van der Waals surface area contributed by atoms with Crippen molar-refractivity contribution in [2.24, 2.45) is 11.8 Å². The van der Waals surface area contributed by atoms with Crippen molar-refractivity contribution < 1.29 is 19.4 Å². The molecule has 3 aliphatic heterocycles. The highest BCUT2D eigenvalue weighted by Crippen LogP contribution is 2.54. The van der Waals surface area contributed by atoms with Crippen LogP contribution in [0.4, 0.5) is 0 Å². The van der Waals surface area contributed by atoms with E-state index in [2.05, 4.69) is 19.0 Å². The number of carbonyl (C=O) groups is 2. The zero-order valence-electron chi connectivity index (χ0n) is 15.8. The Morgan fingerprint density at radius 1 is 1.44 bits per heavy atom. The molecule has 3 aliphatic rings. The number of benzene rings is 1. The predicted octanol–water partition coefficient (Wildman–Crippen LogP) is 2.15. The van der Waals surface area contributed by atoms with Gasteiger partial charge in [-0.05, 0) is 38.6 Å². The Balaban J connectivity index is 0.000000659. The van der Waals surface area contributed by atoms with Gasteiger partial charge in [0, 0.05) is 29.9 Å². The van der Waals surface area contributed by atoms with E-state index in [1.54, 1.807) is 0 Å². The van der Waals surface area contributed by atoms with E-state index in [1.165, 1.54) is 0 Å². The molecule has 0 aliphatic carbocycles. The molecule has 148 valence electrons. The molecule has 2 bridgehead atoms. The second-order valence-corrected chi connectivity index (χ2v) is 8.35. The van der Waals surface area contributed by atoms with Gasteiger partial charge in [-0.2, -0.15) is 0 Å². The summed E-state index contributed by atoms with van der Waals surface area (Å²) < 4.78 is 6.41. The molecule has 1 aromatic rings. The van der Waals surface area contributed by atoms with Crippen molar-refractivity contribution in [3.63, 3.8) is 0 Å². The van der Waals surface area contributed by atoms with E-state index < -0.39 is 0 Å². The second kappa shape index (κ2) is 8.17. The van der Waals surface area contributed by atoms with Crippen molar-refractivity contribution in [3.05, 3.63) is 34.9 Å². The van der Waals surface area contributed by atoms with Crippen molar-refractivity contribution in [3.8, 4) is 0 Å². The summed E-state index contributed by atoms with van der Waals surface area (Å²) in [5.74, 6) is 1.20. The lowest BCUT2D eigenvalue weighted by molar-refractivity contribution is -0.131. The number of ether oxygens (including phenoxy) is 1. The van der Waals surface area contributed by atoms with E-state index in [0.29, 0.717) is 29.4 Å². The van der Waals surface area contributed by atoms with Gasteiger partial charge in [0.15, 0.2) is 0 Å². The lowest BCUT2D eigenvalue weighted by Gasteiger charge is -2.30. The van der Waals surface area contributed by atoms with Crippen LogP contribution in [-0.2, 0) is 20.7 Å². The fourth-order valence-electron chi connectivity index (χ4n) is 4.96. The summed E-state index contributed by atoms with van der Waals surface area (Å²) >= 11 is 6.21. The number of halogens is 1. The number of likely N-dealkylation sites (tertiary alicyclic amines) is 1. The van der Waals surface area contributed by atoms with Crippen LogP contribution in [0.15, 0.2) is 24.3 Å². The molecule has 3 fully saturated rings. The van der Waals surface area contributed by atoms with Gasteiger partial charge in [0.2, 0.25) is 5.91 Å². The van der Waals surface area contributed by atoms with Crippen LogP contribution in [0.5, 0.6) is 0 Å². The third-order valence-corrected chi connectivity index (χ3v) is 6.38. The van der Waals surface area contributed by atoms with Gasteiger partial charge in [-0.25, -0.2) is 0 Å². The SMILES string of the molecule is CN(C)C[C@H]1[C@H]2CN(C(=O)Cc3ccccc3Cl)C[C@]23CC[C@H]1O3.O=CO. The number of rotatable bonds is 4. The number of nitrogens with zero attached hydrogens (tertiary/aromatic N) is 2. The van der Waals surface area contributed by atoms with Gasteiger partial charge in [-0.3, -0.25) is 9.59 Å². The molecule has 0 radical (unpaired) electrons. The highest BCUT2D eigenvalue weighted by atomic mass is 35.5. The van der Waals surface area contributed by atoms with Gasteiger partial charge in [-0.1, -0.05) is 29.8 Å². The van der Waals surface area contributed by atoms with Crippen LogP contribution in [0.1, 0.15) is 18.4 Å². The monoisotopic (exact) mass is 394 g/mol. The highest BCUT2D eigenvalue weighted by molar-refractivity contribution is 6.31. The molecule has 7 heteroatoms. The fraction of sp³-hybridized carbons (Fsp3) is 0.600. The molecule has 0 aromatic heterocycles. The number of fused-ring (bicyclic) bond motifs is 1. The van der Waals surface area contributed by atoms with E-state index >= 15 is 0 Å². The molecule has 1 spiro atoms. The summed E-state index contributed by atoms with van der Waals surface area (Å²) in [5.41, 5.74) is 0.829. The first-order valence-corrected chi connectivity index (χ1v) is 9.69. The summed E-state index contributed by atoms with van der Waals surface area (Å²) in [4.78, 5) is 25.4. The van der Waals surface area contributed by atoms with Gasteiger partial charge < -0.3 is 19.6 Å². The van der Waals surface area contributed by atoms with Gasteiger partial charge >= 0.3 is 0 Å². The largest absolute Gasteiger partial charge is 0.483 e. The van der Waals surface area contributed by atoms with Gasteiger partial charge in [0.05, 0.1) is 24.7 Å². The Morgan fingerprint density at radius 3 is 2.81 bits per heavy atom. The van der Waals surface area contributed by atoms with Crippen LogP contribution in [0.2, 0.25) is 5.02 Å². The standard InChI is InChI=1S/C19H25ClN2O2.CH2O2/c1-21(2)10-14-15-11-22(12-19(15)8-7-17(14)24-19)18(23)9-13-5-3-4-6-16(13)20;2-1-3/h3-6,14-15,17H,7-12H2,1-2H3;1H,(H,2,3)/t14-,15+,17+,19+;/m0./s1. The number of amides is 1. The maximum absolute atomic E-state index is 12.8. The molecule has 1 N–H and O–H groups in total. The van der Waals surface area contributed by atoms with E-state index in [0.717, 1.165) is 38.0 Å². The minimum atomic E-state index is -0.250. The third-order valence-electron chi connectivity index (χ3n) is 6.01. The van der Waals surface area contributed by atoms with E-state index in [1.807, 2.05) is 29.2 Å². The Hall–Kier alpha value is -1.63. The molecule has 4 atom stereocenters. The quantitative estimate of drug-likeness (QED) is 0.792.